The van der Waals surface area contributed by atoms with Crippen LogP contribution in [0.2, 0.25) is 0 Å². The van der Waals surface area contributed by atoms with Crippen molar-refractivity contribution >= 4 is 79.3 Å². The van der Waals surface area contributed by atoms with Crippen molar-refractivity contribution in [3.63, 3.8) is 0 Å². The number of aldehydes is 2. The molecule has 4 nitrogen and oxygen atoms in total. The molecular weight excluding hydrogens is 647 g/mol. The number of para-hydroxylation sites is 2. The summed E-state index contributed by atoms with van der Waals surface area (Å²) in [6.07, 6.45) is 1.80. The molecule has 250 valence electrons. The first-order chi connectivity index (χ1) is 25.8. The Labute approximate surface area is 307 Å². The summed E-state index contributed by atoms with van der Waals surface area (Å²) in [5.74, 6) is 0. The van der Waals surface area contributed by atoms with E-state index in [0.717, 1.165) is 34.8 Å². The molecule has 0 fully saturated rings. The summed E-state index contributed by atoms with van der Waals surface area (Å²) in [6.45, 7) is 6.94. The normalized spacial score (nSPS) is 12.9. The highest BCUT2D eigenvalue weighted by Crippen LogP contribution is 2.42. The molecule has 2 aliphatic rings. The Morgan fingerprint density at radius 1 is 0.491 bits per heavy atom. The smallest absolute Gasteiger partial charge is 0.252 e. The van der Waals surface area contributed by atoms with Gasteiger partial charge in [-0.25, -0.2) is 0 Å². The molecule has 0 saturated carbocycles. The number of nitrogens with zero attached hydrogens (tertiary/aromatic N) is 2. The van der Waals surface area contributed by atoms with Crippen LogP contribution in [-0.2, 0) is 5.41 Å². The fraction of sp³-hybridized carbons (Fsp3) is 0.0833. The van der Waals surface area contributed by atoms with Gasteiger partial charge >= 0.3 is 0 Å². The van der Waals surface area contributed by atoms with Crippen molar-refractivity contribution in [1.82, 2.24) is 9.13 Å². The van der Waals surface area contributed by atoms with Crippen LogP contribution in [0, 0.1) is 0 Å². The van der Waals surface area contributed by atoms with Crippen LogP contribution in [-0.4, -0.2) is 28.4 Å². The van der Waals surface area contributed by atoms with E-state index in [0.29, 0.717) is 11.1 Å². The summed E-state index contributed by atoms with van der Waals surface area (Å²) in [5.41, 5.74) is 18.3. The Hall–Kier alpha value is -6.46. The summed E-state index contributed by atoms with van der Waals surface area (Å²) in [6, 6.07) is 47.9. The first kappa shape index (κ1) is 30.2. The molecule has 53 heavy (non-hydrogen) atoms. The predicted molar refractivity (Wildman–Crippen MR) is 220 cm³/mol. The zero-order valence-corrected chi connectivity index (χ0v) is 29.6. The number of fused-ring (bicyclic) bond motifs is 10. The van der Waals surface area contributed by atoms with Gasteiger partial charge in [-0.15, -0.1) is 0 Å². The van der Waals surface area contributed by atoms with E-state index >= 15 is 0 Å². The van der Waals surface area contributed by atoms with Crippen molar-refractivity contribution in [3.8, 4) is 33.6 Å². The lowest BCUT2D eigenvalue weighted by Gasteiger charge is -2.35. The average Bonchev–Trinajstić information content (AvgIpc) is 3.71. The summed E-state index contributed by atoms with van der Waals surface area (Å²) >= 11 is 0. The first-order valence-electron chi connectivity index (χ1n) is 18.3. The third kappa shape index (κ3) is 4.08. The van der Waals surface area contributed by atoms with Gasteiger partial charge in [0.2, 0.25) is 0 Å². The fourth-order valence-electron chi connectivity index (χ4n) is 9.23. The number of carbonyl (C=O) groups excluding carboxylic acids is 2. The minimum absolute atomic E-state index is 0.0124. The van der Waals surface area contributed by atoms with Crippen molar-refractivity contribution in [1.29, 1.82) is 0 Å². The minimum atomic E-state index is -0.0825. The van der Waals surface area contributed by atoms with Crippen molar-refractivity contribution in [2.24, 2.45) is 0 Å². The Morgan fingerprint density at radius 2 is 1.06 bits per heavy atom. The van der Waals surface area contributed by atoms with Crippen molar-refractivity contribution < 1.29 is 9.59 Å². The third-order valence-electron chi connectivity index (χ3n) is 11.8. The van der Waals surface area contributed by atoms with Crippen molar-refractivity contribution in [2.45, 2.75) is 26.2 Å². The van der Waals surface area contributed by atoms with Gasteiger partial charge in [-0.3, -0.25) is 9.59 Å². The molecule has 0 N–H and O–H groups in total. The molecule has 0 saturated heterocycles. The second kappa shape index (κ2) is 10.6. The predicted octanol–water partition coefficient (Wildman–Crippen LogP) is 9.28. The lowest BCUT2D eigenvalue weighted by Crippen LogP contribution is -2.59. The molecule has 0 atom stereocenters. The van der Waals surface area contributed by atoms with Crippen LogP contribution in [0.3, 0.4) is 0 Å². The molecule has 0 amide bonds. The average molecular weight is 681 g/mol. The second-order valence-corrected chi connectivity index (χ2v) is 15.7. The van der Waals surface area contributed by atoms with E-state index in [1.54, 1.807) is 0 Å². The molecule has 7 aromatic carbocycles. The number of aromatic nitrogens is 2. The molecular formula is C48H33BN2O2. The quantitative estimate of drug-likeness (QED) is 0.137. The van der Waals surface area contributed by atoms with Crippen LogP contribution in [0.25, 0.3) is 77.2 Å². The highest BCUT2D eigenvalue weighted by atomic mass is 16.1. The Balaban J connectivity index is 1.28. The van der Waals surface area contributed by atoms with Crippen LogP contribution < -0.4 is 16.4 Å². The molecule has 0 radical (unpaired) electrons. The van der Waals surface area contributed by atoms with E-state index in [9.17, 15) is 9.59 Å². The van der Waals surface area contributed by atoms with Crippen LogP contribution in [0.5, 0.6) is 0 Å². The molecule has 0 bridgehead atoms. The maximum absolute atomic E-state index is 11.6. The van der Waals surface area contributed by atoms with E-state index in [4.69, 9.17) is 0 Å². The summed E-state index contributed by atoms with van der Waals surface area (Å²) in [7, 11) is 0. The van der Waals surface area contributed by atoms with Gasteiger partial charge in [-0.1, -0.05) is 118 Å². The van der Waals surface area contributed by atoms with Gasteiger partial charge in [0.25, 0.3) is 6.71 Å². The highest BCUT2D eigenvalue weighted by molar-refractivity contribution is 7.00. The van der Waals surface area contributed by atoms with Gasteiger partial charge in [0, 0.05) is 55.1 Å². The number of hydrogen-bond donors (Lipinski definition) is 0. The van der Waals surface area contributed by atoms with Crippen LogP contribution in [0.1, 0.15) is 47.1 Å². The maximum Gasteiger partial charge on any atom is 0.252 e. The van der Waals surface area contributed by atoms with Gasteiger partial charge in [-0.2, -0.15) is 0 Å². The third-order valence-corrected chi connectivity index (χ3v) is 11.8. The van der Waals surface area contributed by atoms with Gasteiger partial charge in [0.15, 0.2) is 0 Å². The molecule has 2 aromatic heterocycles. The molecule has 5 heteroatoms. The number of benzene rings is 7. The molecule has 4 heterocycles. The van der Waals surface area contributed by atoms with Crippen LogP contribution >= 0.6 is 0 Å². The van der Waals surface area contributed by atoms with E-state index in [-0.39, 0.29) is 12.1 Å². The Kier molecular flexibility index (Phi) is 6.01. The van der Waals surface area contributed by atoms with Crippen LogP contribution in [0.15, 0.2) is 133 Å². The van der Waals surface area contributed by atoms with Gasteiger partial charge in [0.05, 0.1) is 11.0 Å². The lowest BCUT2D eigenvalue weighted by atomic mass is 9.34. The van der Waals surface area contributed by atoms with E-state index in [1.165, 1.54) is 76.9 Å². The van der Waals surface area contributed by atoms with E-state index in [1.807, 2.05) is 36.4 Å². The zero-order chi connectivity index (χ0) is 35.7. The number of hydrogen-bond acceptors (Lipinski definition) is 2. The van der Waals surface area contributed by atoms with Crippen LogP contribution in [0.4, 0.5) is 0 Å². The standard InChI is InChI=1S/C48H33BN2O2/c1-48(2,3)34-24-43-45-44(25-34)51-42-20-19-32(30-15-11-28(26-52)12-16-30)21-37(42)36-8-6-9-39(46(36)51)49(45)40-23-33(31-17-13-29(27-53)14-18-31)22-38-35-7-4-5-10-41(35)50(43)47(38)40/h4-27H,1-3H3. The second-order valence-electron chi connectivity index (χ2n) is 15.7. The summed E-state index contributed by atoms with van der Waals surface area (Å²) < 4.78 is 5.06. The molecule has 2 aliphatic heterocycles. The molecule has 0 aliphatic carbocycles. The topological polar surface area (TPSA) is 44.0 Å². The van der Waals surface area contributed by atoms with E-state index in [2.05, 4.69) is 127 Å². The van der Waals surface area contributed by atoms with Crippen molar-refractivity contribution in [2.75, 3.05) is 0 Å². The molecule has 0 spiro atoms. The van der Waals surface area contributed by atoms with Crippen molar-refractivity contribution in [3.05, 3.63) is 150 Å². The SMILES string of the molecule is CC(C)(C)c1cc2c3c(c1)-n1c4ccccc4c4cc(-c5ccc(C=O)cc5)cc(c41)B3c1cccc3c4cc(-c5ccc(C=O)cc5)ccc4n-2c13. The van der Waals surface area contributed by atoms with Gasteiger partial charge in [0.1, 0.15) is 12.6 Å². The number of carbonyl (C=O) groups is 2. The highest BCUT2D eigenvalue weighted by Gasteiger charge is 2.41. The zero-order valence-electron chi connectivity index (χ0n) is 29.6. The lowest BCUT2D eigenvalue weighted by molar-refractivity contribution is 0.111. The fourth-order valence-corrected chi connectivity index (χ4v) is 9.23. The first-order valence-corrected chi connectivity index (χ1v) is 18.3. The molecule has 11 rings (SSSR count). The summed E-state index contributed by atoms with van der Waals surface area (Å²) in [5, 5.41) is 4.93. The Bertz CT molecular complexity index is 3070. The Morgan fingerprint density at radius 3 is 1.72 bits per heavy atom. The molecule has 0 unspecified atom stereocenters. The molecule has 9 aromatic rings. The van der Waals surface area contributed by atoms with E-state index < -0.39 is 0 Å². The monoisotopic (exact) mass is 680 g/mol. The maximum atomic E-state index is 11.6. The number of rotatable bonds is 4. The van der Waals surface area contributed by atoms with Gasteiger partial charge < -0.3 is 9.13 Å². The minimum Gasteiger partial charge on any atom is -0.310 e. The summed E-state index contributed by atoms with van der Waals surface area (Å²) in [4.78, 5) is 23.0. The largest absolute Gasteiger partial charge is 0.310 e. The van der Waals surface area contributed by atoms with Gasteiger partial charge in [-0.05, 0) is 86.0 Å².